The highest BCUT2D eigenvalue weighted by Gasteiger charge is 2.28. The summed E-state index contributed by atoms with van der Waals surface area (Å²) < 4.78 is 1.80. The number of amides is 1. The van der Waals surface area contributed by atoms with E-state index in [2.05, 4.69) is 5.32 Å². The number of aliphatic carboxylic acids is 1. The van der Waals surface area contributed by atoms with Crippen LogP contribution in [0.2, 0.25) is 5.02 Å². The number of hydrogen-bond acceptors (Lipinski definition) is 3. The zero-order chi connectivity index (χ0) is 17.3. The number of carboxylic acid groups (broad SMARTS) is 1. The van der Waals surface area contributed by atoms with Gasteiger partial charge in [-0.3, -0.25) is 4.79 Å². The first-order valence-electron chi connectivity index (χ1n) is 7.28. The molecule has 2 aromatic rings. The lowest BCUT2D eigenvalue weighted by atomic mass is 10.1. The number of carbonyl (C=O) groups excluding carboxylic acids is 1. The molecular formula is C16H19ClN2O4. The van der Waals surface area contributed by atoms with E-state index in [1.807, 2.05) is 13.0 Å². The number of rotatable bonds is 5. The van der Waals surface area contributed by atoms with Gasteiger partial charge in [-0.15, -0.1) is 0 Å². The zero-order valence-corrected chi connectivity index (χ0v) is 13.9. The number of aromatic nitrogens is 1. The number of carbonyl (C=O) groups is 2. The Bertz CT molecular complexity index is 767. The van der Waals surface area contributed by atoms with Gasteiger partial charge in [-0.05, 0) is 44.5 Å². The van der Waals surface area contributed by atoms with Crippen LogP contribution in [-0.4, -0.2) is 38.8 Å². The lowest BCUT2D eigenvalue weighted by Crippen LogP contribution is -2.48. The molecule has 124 valence electrons. The van der Waals surface area contributed by atoms with Crippen molar-refractivity contribution in [3.63, 3.8) is 0 Å². The van der Waals surface area contributed by atoms with Crippen molar-refractivity contribution in [3.8, 4) is 0 Å². The number of nitrogens with one attached hydrogen (secondary N) is 1. The summed E-state index contributed by atoms with van der Waals surface area (Å²) in [6.07, 6.45) is -1.20. The third-order valence-electron chi connectivity index (χ3n) is 3.84. The maximum Gasteiger partial charge on any atom is 0.328 e. The largest absolute Gasteiger partial charge is 0.480 e. The minimum absolute atomic E-state index is 0.372. The number of carboxylic acids is 1. The van der Waals surface area contributed by atoms with Gasteiger partial charge in [0.2, 0.25) is 0 Å². The number of aliphatic hydroxyl groups is 1. The first kappa shape index (κ1) is 17.3. The molecule has 0 saturated heterocycles. The van der Waals surface area contributed by atoms with Crippen molar-refractivity contribution in [3.05, 3.63) is 34.5 Å². The molecule has 1 aromatic heterocycles. The van der Waals surface area contributed by atoms with Crippen LogP contribution in [0, 0.1) is 6.92 Å². The van der Waals surface area contributed by atoms with E-state index in [0.717, 1.165) is 16.5 Å². The predicted octanol–water partition coefficient (Wildman–Crippen LogP) is 2.19. The molecule has 2 unspecified atom stereocenters. The van der Waals surface area contributed by atoms with Gasteiger partial charge in [0.15, 0.2) is 6.04 Å². The predicted molar refractivity (Wildman–Crippen MR) is 87.9 cm³/mol. The monoisotopic (exact) mass is 338 g/mol. The number of aryl methyl sites for hydroxylation is 2. The highest BCUT2D eigenvalue weighted by molar-refractivity contribution is 6.31. The number of fused-ring (bicyclic) bond motifs is 1. The van der Waals surface area contributed by atoms with Crippen molar-refractivity contribution in [1.29, 1.82) is 0 Å². The molecule has 0 fully saturated rings. The van der Waals surface area contributed by atoms with Crippen LogP contribution in [0.15, 0.2) is 18.2 Å². The summed E-state index contributed by atoms with van der Waals surface area (Å²) in [7, 11) is 0. The van der Waals surface area contributed by atoms with Crippen molar-refractivity contribution < 1.29 is 19.8 Å². The summed E-state index contributed by atoms with van der Waals surface area (Å²) in [5.41, 5.74) is 1.94. The van der Waals surface area contributed by atoms with Crippen LogP contribution in [0.1, 0.15) is 29.9 Å². The van der Waals surface area contributed by atoms with E-state index in [4.69, 9.17) is 16.7 Å². The fourth-order valence-electron chi connectivity index (χ4n) is 2.71. The molecule has 0 bridgehead atoms. The molecular weight excluding hydrogens is 320 g/mol. The molecule has 0 aliphatic heterocycles. The minimum atomic E-state index is -1.37. The molecule has 0 spiro atoms. The smallest absolute Gasteiger partial charge is 0.328 e. The summed E-state index contributed by atoms with van der Waals surface area (Å²) in [6.45, 7) is 5.55. The second-order valence-electron chi connectivity index (χ2n) is 5.41. The highest BCUT2D eigenvalue weighted by atomic mass is 35.5. The van der Waals surface area contributed by atoms with Crippen LogP contribution in [0.3, 0.4) is 0 Å². The lowest BCUT2D eigenvalue weighted by molar-refractivity contribution is -0.141. The summed E-state index contributed by atoms with van der Waals surface area (Å²) in [5, 5.41) is 22.4. The van der Waals surface area contributed by atoms with E-state index >= 15 is 0 Å². The van der Waals surface area contributed by atoms with E-state index in [0.29, 0.717) is 17.3 Å². The molecule has 0 radical (unpaired) electrons. The van der Waals surface area contributed by atoms with Gasteiger partial charge >= 0.3 is 5.97 Å². The van der Waals surface area contributed by atoms with Gasteiger partial charge in [0, 0.05) is 22.5 Å². The van der Waals surface area contributed by atoms with Crippen molar-refractivity contribution in [2.24, 2.45) is 0 Å². The zero-order valence-electron chi connectivity index (χ0n) is 13.1. The summed E-state index contributed by atoms with van der Waals surface area (Å²) in [5.74, 6) is -1.82. The maximum atomic E-state index is 12.6. The molecule has 6 nitrogen and oxygen atoms in total. The molecule has 0 saturated carbocycles. The molecule has 2 atom stereocenters. The molecule has 2 rings (SSSR count). The SMILES string of the molecule is CCn1c(C(=O)NC(C(=O)O)C(C)O)c(C)c2cc(Cl)ccc21. The van der Waals surface area contributed by atoms with Gasteiger partial charge in [-0.25, -0.2) is 4.79 Å². The average molecular weight is 339 g/mol. The molecule has 1 heterocycles. The number of nitrogens with zero attached hydrogens (tertiary/aromatic N) is 1. The topological polar surface area (TPSA) is 91.6 Å². The van der Waals surface area contributed by atoms with Crippen molar-refractivity contribution in [2.75, 3.05) is 0 Å². The van der Waals surface area contributed by atoms with Gasteiger partial charge in [-0.1, -0.05) is 11.6 Å². The molecule has 1 amide bonds. The van der Waals surface area contributed by atoms with E-state index in [1.165, 1.54) is 6.92 Å². The van der Waals surface area contributed by atoms with E-state index < -0.39 is 24.0 Å². The minimum Gasteiger partial charge on any atom is -0.480 e. The average Bonchev–Trinajstić information content (AvgIpc) is 2.76. The van der Waals surface area contributed by atoms with E-state index in [1.54, 1.807) is 23.6 Å². The third-order valence-corrected chi connectivity index (χ3v) is 4.08. The summed E-state index contributed by atoms with van der Waals surface area (Å²) in [4.78, 5) is 23.7. The van der Waals surface area contributed by atoms with Crippen LogP contribution in [0.4, 0.5) is 0 Å². The van der Waals surface area contributed by atoms with Gasteiger partial charge in [0.05, 0.1) is 6.10 Å². The van der Waals surface area contributed by atoms with Crippen LogP contribution < -0.4 is 5.32 Å². The Labute approximate surface area is 138 Å². The molecule has 3 N–H and O–H groups in total. The molecule has 0 aliphatic carbocycles. The highest BCUT2D eigenvalue weighted by Crippen LogP contribution is 2.28. The normalized spacial score (nSPS) is 13.8. The van der Waals surface area contributed by atoms with Crippen molar-refractivity contribution in [1.82, 2.24) is 9.88 Å². The Morgan fingerprint density at radius 1 is 1.39 bits per heavy atom. The lowest BCUT2D eigenvalue weighted by Gasteiger charge is -2.18. The fourth-order valence-corrected chi connectivity index (χ4v) is 2.89. The number of aliphatic hydroxyl groups excluding tert-OH is 1. The van der Waals surface area contributed by atoms with Crippen molar-refractivity contribution in [2.45, 2.75) is 39.5 Å². The van der Waals surface area contributed by atoms with Crippen molar-refractivity contribution >= 4 is 34.4 Å². The van der Waals surface area contributed by atoms with Crippen LogP contribution >= 0.6 is 11.6 Å². The quantitative estimate of drug-likeness (QED) is 0.779. The number of halogens is 1. The van der Waals surface area contributed by atoms with E-state index in [-0.39, 0.29) is 0 Å². The molecule has 1 aromatic carbocycles. The van der Waals surface area contributed by atoms with Crippen LogP contribution in [0.5, 0.6) is 0 Å². The van der Waals surface area contributed by atoms with Crippen LogP contribution in [-0.2, 0) is 11.3 Å². The Balaban J connectivity index is 2.52. The Hall–Kier alpha value is -2.05. The Morgan fingerprint density at radius 3 is 2.57 bits per heavy atom. The second-order valence-corrected chi connectivity index (χ2v) is 5.85. The fraction of sp³-hybridized carbons (Fsp3) is 0.375. The molecule has 7 heteroatoms. The Morgan fingerprint density at radius 2 is 2.04 bits per heavy atom. The van der Waals surface area contributed by atoms with Gasteiger partial charge in [0.1, 0.15) is 5.69 Å². The van der Waals surface area contributed by atoms with E-state index in [9.17, 15) is 14.7 Å². The van der Waals surface area contributed by atoms with Crippen LogP contribution in [0.25, 0.3) is 10.9 Å². The van der Waals surface area contributed by atoms with Gasteiger partial charge in [-0.2, -0.15) is 0 Å². The molecule has 0 aliphatic rings. The summed E-state index contributed by atoms with van der Waals surface area (Å²) >= 11 is 6.02. The van der Waals surface area contributed by atoms with Gasteiger partial charge < -0.3 is 20.1 Å². The first-order valence-corrected chi connectivity index (χ1v) is 7.65. The number of benzene rings is 1. The second kappa shape index (κ2) is 6.60. The number of hydrogen-bond donors (Lipinski definition) is 3. The Kier molecular flexibility index (Phi) is 4.97. The van der Waals surface area contributed by atoms with Gasteiger partial charge in [0.25, 0.3) is 5.91 Å². The standard InChI is InChI=1S/C16H19ClN2O4/c1-4-19-12-6-5-10(17)7-11(12)8(2)14(19)15(21)18-13(9(3)20)16(22)23/h5-7,9,13,20H,4H2,1-3H3,(H,18,21)(H,22,23). The maximum absolute atomic E-state index is 12.6. The third kappa shape index (κ3) is 3.18. The summed E-state index contributed by atoms with van der Waals surface area (Å²) in [6, 6.07) is 3.98. The first-order chi connectivity index (χ1) is 10.8. The molecule has 23 heavy (non-hydrogen) atoms.